The predicted molar refractivity (Wildman–Crippen MR) is 118 cm³/mol. The van der Waals surface area contributed by atoms with Gasteiger partial charge < -0.3 is 0 Å². The van der Waals surface area contributed by atoms with Gasteiger partial charge in [-0.15, -0.1) is 0 Å². The summed E-state index contributed by atoms with van der Waals surface area (Å²) < 4.78 is 16.4. The number of aromatic nitrogens is 4. The topological polar surface area (TPSA) is 43.6 Å². The molecule has 1 fully saturated rings. The molecule has 5 heteroatoms. The van der Waals surface area contributed by atoms with Crippen molar-refractivity contribution < 1.29 is 4.39 Å². The molecule has 4 nitrogen and oxygen atoms in total. The van der Waals surface area contributed by atoms with Gasteiger partial charge in [-0.1, -0.05) is 57.7 Å². The normalized spacial score (nSPS) is 19.6. The van der Waals surface area contributed by atoms with Gasteiger partial charge in [-0.25, -0.2) is 14.4 Å². The van der Waals surface area contributed by atoms with Crippen LogP contribution in [0.5, 0.6) is 0 Å². The van der Waals surface area contributed by atoms with Gasteiger partial charge in [-0.3, -0.25) is 4.68 Å². The molecule has 4 rings (SSSR count). The lowest BCUT2D eigenvalue weighted by Gasteiger charge is -2.29. The number of nitrogens with zero attached hydrogens (tertiary/aromatic N) is 4. The van der Waals surface area contributed by atoms with E-state index in [0.29, 0.717) is 23.9 Å². The SMILES string of the molecule is CC1(C)CCCCCCC(c2cc(-c3ncccn3)nn2Cc2ccccc2F)C1. The van der Waals surface area contributed by atoms with Crippen molar-refractivity contribution >= 4 is 0 Å². The highest BCUT2D eigenvalue weighted by Gasteiger charge is 2.28. The quantitative estimate of drug-likeness (QED) is 0.505. The standard InChI is InChI=1S/C25H31FN4/c1-25(2)13-8-4-3-5-10-19(17-25)23-16-22(24-27-14-9-15-28-24)29-30(23)18-20-11-6-7-12-21(20)26/h6-7,9,11-12,14-16,19H,3-5,8,10,13,17-18H2,1-2H3. The number of rotatable bonds is 4. The largest absolute Gasteiger partial charge is 0.264 e. The van der Waals surface area contributed by atoms with E-state index >= 15 is 0 Å². The van der Waals surface area contributed by atoms with Gasteiger partial charge in [0, 0.05) is 29.6 Å². The third-order valence-electron chi connectivity index (χ3n) is 6.26. The second kappa shape index (κ2) is 9.07. The maximum atomic E-state index is 14.4. The zero-order chi connectivity index (χ0) is 21.0. The van der Waals surface area contributed by atoms with Crippen molar-refractivity contribution in [1.82, 2.24) is 19.7 Å². The molecule has 0 bridgehead atoms. The van der Waals surface area contributed by atoms with Gasteiger partial charge in [0.15, 0.2) is 5.82 Å². The zero-order valence-electron chi connectivity index (χ0n) is 18.0. The number of hydrogen-bond donors (Lipinski definition) is 0. The summed E-state index contributed by atoms with van der Waals surface area (Å²) in [5.74, 6) is 0.828. The summed E-state index contributed by atoms with van der Waals surface area (Å²) in [5.41, 5.74) is 2.88. The molecule has 0 saturated heterocycles. The average Bonchev–Trinajstić information content (AvgIpc) is 3.18. The Hall–Kier alpha value is -2.56. The summed E-state index contributed by atoms with van der Waals surface area (Å²) in [6.07, 6.45) is 12.1. The van der Waals surface area contributed by atoms with E-state index in [0.717, 1.165) is 18.5 Å². The van der Waals surface area contributed by atoms with E-state index in [1.54, 1.807) is 18.5 Å². The molecule has 3 aromatic rings. The third kappa shape index (κ3) is 4.94. The van der Waals surface area contributed by atoms with E-state index in [4.69, 9.17) is 5.10 Å². The van der Waals surface area contributed by atoms with Crippen LogP contribution >= 0.6 is 0 Å². The first-order valence-corrected chi connectivity index (χ1v) is 11.1. The van der Waals surface area contributed by atoms with Crippen molar-refractivity contribution in [3.05, 3.63) is 65.9 Å². The lowest BCUT2D eigenvalue weighted by atomic mass is 9.77. The zero-order valence-corrected chi connectivity index (χ0v) is 18.0. The molecule has 158 valence electrons. The van der Waals surface area contributed by atoms with Crippen LogP contribution in [0.1, 0.15) is 76.0 Å². The molecule has 30 heavy (non-hydrogen) atoms. The van der Waals surface area contributed by atoms with Crippen molar-refractivity contribution in [2.24, 2.45) is 5.41 Å². The lowest BCUT2D eigenvalue weighted by molar-refractivity contribution is 0.269. The summed E-state index contributed by atoms with van der Waals surface area (Å²) >= 11 is 0. The van der Waals surface area contributed by atoms with Gasteiger partial charge in [-0.05, 0) is 42.9 Å². The molecule has 2 heterocycles. The molecule has 1 aliphatic carbocycles. The van der Waals surface area contributed by atoms with Gasteiger partial charge in [0.25, 0.3) is 0 Å². The first-order chi connectivity index (χ1) is 14.5. The second-order valence-electron chi connectivity index (χ2n) is 9.29. The lowest BCUT2D eigenvalue weighted by Crippen LogP contribution is -2.19. The van der Waals surface area contributed by atoms with E-state index in [2.05, 4.69) is 29.9 Å². The Morgan fingerprint density at radius 1 is 1.03 bits per heavy atom. The molecule has 0 N–H and O–H groups in total. The Kier molecular flexibility index (Phi) is 6.26. The van der Waals surface area contributed by atoms with Crippen LogP contribution in [-0.2, 0) is 6.54 Å². The van der Waals surface area contributed by atoms with Crippen LogP contribution in [0.25, 0.3) is 11.5 Å². The fourth-order valence-electron chi connectivity index (χ4n) is 4.69. The Bertz CT molecular complexity index is 964. The van der Waals surface area contributed by atoms with Crippen molar-refractivity contribution in [2.45, 2.75) is 71.3 Å². The Labute approximate surface area is 178 Å². The number of halogens is 1. The van der Waals surface area contributed by atoms with E-state index in [9.17, 15) is 4.39 Å². The fraction of sp³-hybridized carbons (Fsp3) is 0.480. The second-order valence-corrected chi connectivity index (χ2v) is 9.29. The highest BCUT2D eigenvalue weighted by Crippen LogP contribution is 2.40. The Morgan fingerprint density at radius 2 is 1.80 bits per heavy atom. The van der Waals surface area contributed by atoms with Gasteiger partial charge in [-0.2, -0.15) is 5.10 Å². The van der Waals surface area contributed by atoms with Crippen molar-refractivity contribution in [2.75, 3.05) is 0 Å². The van der Waals surface area contributed by atoms with Gasteiger partial charge in [0.1, 0.15) is 11.5 Å². The monoisotopic (exact) mass is 406 g/mol. The van der Waals surface area contributed by atoms with Crippen LogP contribution in [0.15, 0.2) is 48.8 Å². The average molecular weight is 407 g/mol. The van der Waals surface area contributed by atoms with E-state index in [1.165, 1.54) is 43.9 Å². The maximum Gasteiger partial charge on any atom is 0.179 e. The summed E-state index contributed by atoms with van der Waals surface area (Å²) in [4.78, 5) is 8.78. The van der Waals surface area contributed by atoms with Crippen LogP contribution in [0.2, 0.25) is 0 Å². The van der Waals surface area contributed by atoms with Crippen LogP contribution in [-0.4, -0.2) is 19.7 Å². The Morgan fingerprint density at radius 3 is 2.60 bits per heavy atom. The molecule has 0 amide bonds. The number of benzene rings is 1. The van der Waals surface area contributed by atoms with Crippen molar-refractivity contribution in [1.29, 1.82) is 0 Å². The minimum absolute atomic E-state index is 0.189. The molecule has 1 aliphatic rings. The third-order valence-corrected chi connectivity index (χ3v) is 6.26. The van der Waals surface area contributed by atoms with Crippen molar-refractivity contribution in [3.63, 3.8) is 0 Å². The molecule has 0 spiro atoms. The molecule has 2 aromatic heterocycles. The predicted octanol–water partition coefficient (Wildman–Crippen LogP) is 6.38. The molecule has 1 atom stereocenters. The first kappa shape index (κ1) is 20.7. The maximum absolute atomic E-state index is 14.4. The van der Waals surface area contributed by atoms with Gasteiger partial charge in [0.05, 0.1) is 6.54 Å². The fourth-order valence-corrected chi connectivity index (χ4v) is 4.69. The molecular formula is C25H31FN4. The highest BCUT2D eigenvalue weighted by molar-refractivity contribution is 5.49. The van der Waals surface area contributed by atoms with E-state index < -0.39 is 0 Å². The van der Waals surface area contributed by atoms with Crippen molar-refractivity contribution in [3.8, 4) is 11.5 Å². The van der Waals surface area contributed by atoms with Crippen LogP contribution in [0, 0.1) is 11.2 Å². The van der Waals surface area contributed by atoms with Gasteiger partial charge >= 0.3 is 0 Å². The Balaban J connectivity index is 1.74. The summed E-state index contributed by atoms with van der Waals surface area (Å²) in [6, 6.07) is 10.9. The molecule has 0 radical (unpaired) electrons. The summed E-state index contributed by atoms with van der Waals surface area (Å²) in [7, 11) is 0. The van der Waals surface area contributed by atoms with Crippen LogP contribution in [0.3, 0.4) is 0 Å². The van der Waals surface area contributed by atoms with Gasteiger partial charge in [0.2, 0.25) is 0 Å². The molecule has 1 saturated carbocycles. The molecule has 1 aromatic carbocycles. The summed E-state index contributed by atoms with van der Waals surface area (Å²) in [6.45, 7) is 5.18. The minimum atomic E-state index is -0.189. The van der Waals surface area contributed by atoms with Crippen LogP contribution in [0.4, 0.5) is 4.39 Å². The highest BCUT2D eigenvalue weighted by atomic mass is 19.1. The van der Waals surface area contributed by atoms with E-state index in [-0.39, 0.29) is 11.2 Å². The van der Waals surface area contributed by atoms with Crippen LogP contribution < -0.4 is 0 Å². The number of hydrogen-bond acceptors (Lipinski definition) is 3. The smallest absolute Gasteiger partial charge is 0.179 e. The molecule has 1 unspecified atom stereocenters. The van der Waals surface area contributed by atoms with E-state index in [1.807, 2.05) is 22.9 Å². The molecule has 0 aliphatic heterocycles. The molecular weight excluding hydrogens is 375 g/mol. The minimum Gasteiger partial charge on any atom is -0.264 e. The summed E-state index contributed by atoms with van der Waals surface area (Å²) in [5, 5.41) is 4.84. The first-order valence-electron chi connectivity index (χ1n) is 11.1.